The number of aryl methyl sites for hydroxylation is 1. The molecular weight excluding hydrogens is 422 g/mol. The van der Waals surface area contributed by atoms with Gasteiger partial charge in [-0.15, -0.1) is 11.6 Å². The van der Waals surface area contributed by atoms with Gasteiger partial charge in [0.05, 0.1) is 21.2 Å². The molecule has 0 unspecified atom stereocenters. The minimum atomic E-state index is -0.303. The van der Waals surface area contributed by atoms with Gasteiger partial charge < -0.3 is 0 Å². The first-order valence-corrected chi connectivity index (χ1v) is 8.40. The van der Waals surface area contributed by atoms with Crippen LogP contribution in [-0.2, 0) is 6.42 Å². The van der Waals surface area contributed by atoms with Gasteiger partial charge in [0.25, 0.3) is 0 Å². The van der Waals surface area contributed by atoms with Crippen molar-refractivity contribution < 1.29 is 4.39 Å². The lowest BCUT2D eigenvalue weighted by molar-refractivity contribution is 0.619. The molecule has 3 aromatic rings. The minimum absolute atomic E-state index is 0.303. The molecule has 0 atom stereocenters. The van der Waals surface area contributed by atoms with Crippen LogP contribution in [-0.4, -0.2) is 15.4 Å². The smallest absolute Gasteiger partial charge is 0.139 e. The summed E-state index contributed by atoms with van der Waals surface area (Å²) < 4.78 is 17.2. The SMILES string of the molecule is Fc1cc(-n2c(CCCl)nc3cc(Br)ccc32)ccc1Br. The summed E-state index contributed by atoms with van der Waals surface area (Å²) in [6, 6.07) is 10.9. The molecule has 2 aromatic carbocycles. The first-order valence-electron chi connectivity index (χ1n) is 6.28. The summed E-state index contributed by atoms with van der Waals surface area (Å²) in [7, 11) is 0. The summed E-state index contributed by atoms with van der Waals surface area (Å²) in [6.45, 7) is 0. The molecule has 0 saturated carbocycles. The van der Waals surface area contributed by atoms with Crippen LogP contribution < -0.4 is 0 Å². The molecule has 0 radical (unpaired) electrons. The molecule has 2 nitrogen and oxygen atoms in total. The van der Waals surface area contributed by atoms with Gasteiger partial charge in [0.1, 0.15) is 11.6 Å². The molecule has 6 heteroatoms. The van der Waals surface area contributed by atoms with Crippen LogP contribution in [0, 0.1) is 5.82 Å². The zero-order valence-electron chi connectivity index (χ0n) is 10.8. The third kappa shape index (κ3) is 2.87. The molecule has 0 bridgehead atoms. The molecule has 0 N–H and O–H groups in total. The zero-order chi connectivity index (χ0) is 15.0. The Bertz CT molecular complexity index is 817. The molecule has 0 aliphatic heterocycles. The summed E-state index contributed by atoms with van der Waals surface area (Å²) in [4.78, 5) is 4.61. The van der Waals surface area contributed by atoms with E-state index in [0.29, 0.717) is 16.8 Å². The van der Waals surface area contributed by atoms with Crippen LogP contribution in [0.1, 0.15) is 5.82 Å². The molecule has 0 amide bonds. The topological polar surface area (TPSA) is 17.8 Å². The minimum Gasteiger partial charge on any atom is -0.296 e. The Balaban J connectivity index is 2.27. The highest BCUT2D eigenvalue weighted by Crippen LogP contribution is 2.27. The van der Waals surface area contributed by atoms with Crippen LogP contribution in [0.5, 0.6) is 0 Å². The van der Waals surface area contributed by atoms with Gasteiger partial charge in [-0.1, -0.05) is 15.9 Å². The second kappa shape index (κ2) is 6.07. The van der Waals surface area contributed by atoms with Gasteiger partial charge in [-0.2, -0.15) is 0 Å². The summed E-state index contributed by atoms with van der Waals surface area (Å²) in [5, 5.41) is 0. The maximum absolute atomic E-state index is 13.8. The third-order valence-electron chi connectivity index (χ3n) is 3.17. The van der Waals surface area contributed by atoms with Gasteiger partial charge in [0.15, 0.2) is 0 Å². The Morgan fingerprint density at radius 2 is 1.95 bits per heavy atom. The Hall–Kier alpha value is -0.910. The highest BCUT2D eigenvalue weighted by molar-refractivity contribution is 9.10. The fraction of sp³-hybridized carbons (Fsp3) is 0.133. The van der Waals surface area contributed by atoms with Crippen molar-refractivity contribution >= 4 is 54.5 Å². The lowest BCUT2D eigenvalue weighted by atomic mass is 10.2. The predicted molar refractivity (Wildman–Crippen MR) is 90.9 cm³/mol. The fourth-order valence-electron chi connectivity index (χ4n) is 2.27. The molecule has 0 saturated heterocycles. The molecule has 0 aliphatic carbocycles. The second-order valence-corrected chi connectivity index (χ2v) is 6.68. The van der Waals surface area contributed by atoms with Crippen molar-refractivity contribution in [2.24, 2.45) is 0 Å². The molecule has 3 rings (SSSR count). The van der Waals surface area contributed by atoms with Gasteiger partial charge in [-0.25, -0.2) is 9.37 Å². The first kappa shape index (κ1) is 15.0. The van der Waals surface area contributed by atoms with Crippen molar-refractivity contribution in [1.29, 1.82) is 0 Å². The van der Waals surface area contributed by atoms with E-state index in [2.05, 4.69) is 36.8 Å². The molecule has 1 aromatic heterocycles. The van der Waals surface area contributed by atoms with Crippen molar-refractivity contribution in [2.45, 2.75) is 6.42 Å². The highest BCUT2D eigenvalue weighted by atomic mass is 79.9. The number of benzene rings is 2. The van der Waals surface area contributed by atoms with E-state index in [1.165, 1.54) is 6.07 Å². The van der Waals surface area contributed by atoms with E-state index in [1.54, 1.807) is 6.07 Å². The van der Waals surface area contributed by atoms with E-state index >= 15 is 0 Å². The summed E-state index contributed by atoms with van der Waals surface area (Å²) in [6.07, 6.45) is 0.617. The first-order chi connectivity index (χ1) is 10.1. The van der Waals surface area contributed by atoms with Crippen molar-refractivity contribution in [1.82, 2.24) is 9.55 Å². The molecule has 0 fully saturated rings. The number of imidazole rings is 1. The van der Waals surface area contributed by atoms with Crippen LogP contribution >= 0.6 is 43.5 Å². The number of hydrogen-bond donors (Lipinski definition) is 0. The number of rotatable bonds is 3. The quantitative estimate of drug-likeness (QED) is 0.502. The fourth-order valence-corrected chi connectivity index (χ4v) is 3.03. The Kier molecular flexibility index (Phi) is 4.33. The maximum Gasteiger partial charge on any atom is 0.139 e. The van der Waals surface area contributed by atoms with Crippen LogP contribution in [0.25, 0.3) is 16.7 Å². The molecule has 0 aliphatic rings. The number of hydrogen-bond acceptors (Lipinski definition) is 1. The van der Waals surface area contributed by atoms with Crippen molar-refractivity contribution in [3.05, 3.63) is 57.0 Å². The van der Waals surface area contributed by atoms with E-state index in [9.17, 15) is 4.39 Å². The van der Waals surface area contributed by atoms with Gasteiger partial charge >= 0.3 is 0 Å². The maximum atomic E-state index is 13.8. The van der Waals surface area contributed by atoms with Crippen LogP contribution in [0.2, 0.25) is 0 Å². The van der Waals surface area contributed by atoms with E-state index in [4.69, 9.17) is 11.6 Å². The van der Waals surface area contributed by atoms with Crippen LogP contribution in [0.4, 0.5) is 4.39 Å². The van der Waals surface area contributed by atoms with Crippen LogP contribution in [0.15, 0.2) is 45.3 Å². The average molecular weight is 433 g/mol. The summed E-state index contributed by atoms with van der Waals surface area (Å²) in [5.41, 5.74) is 2.52. The van der Waals surface area contributed by atoms with Gasteiger partial charge in [0, 0.05) is 16.8 Å². The molecule has 1 heterocycles. The van der Waals surface area contributed by atoms with Crippen molar-refractivity contribution in [3.63, 3.8) is 0 Å². The second-order valence-electron chi connectivity index (χ2n) is 4.53. The van der Waals surface area contributed by atoms with Gasteiger partial charge in [0.2, 0.25) is 0 Å². The van der Waals surface area contributed by atoms with E-state index in [1.807, 2.05) is 28.8 Å². The number of alkyl halides is 1. The van der Waals surface area contributed by atoms with Crippen molar-refractivity contribution in [2.75, 3.05) is 5.88 Å². The predicted octanol–water partition coefficient (Wildman–Crippen LogP) is 5.47. The number of nitrogens with zero attached hydrogens (tertiary/aromatic N) is 2. The Morgan fingerprint density at radius 1 is 1.14 bits per heavy atom. The lowest BCUT2D eigenvalue weighted by Crippen LogP contribution is -2.02. The van der Waals surface area contributed by atoms with E-state index in [-0.39, 0.29) is 5.82 Å². The lowest BCUT2D eigenvalue weighted by Gasteiger charge is -2.09. The molecule has 108 valence electrons. The monoisotopic (exact) mass is 430 g/mol. The van der Waals surface area contributed by atoms with E-state index in [0.717, 1.165) is 27.0 Å². The number of halogens is 4. The number of fused-ring (bicyclic) bond motifs is 1. The normalized spacial score (nSPS) is 11.2. The Labute approximate surface area is 143 Å². The Morgan fingerprint density at radius 3 is 2.67 bits per heavy atom. The molecule has 21 heavy (non-hydrogen) atoms. The van der Waals surface area contributed by atoms with Gasteiger partial charge in [-0.3, -0.25) is 4.57 Å². The van der Waals surface area contributed by atoms with Crippen molar-refractivity contribution in [3.8, 4) is 5.69 Å². The largest absolute Gasteiger partial charge is 0.296 e. The summed E-state index contributed by atoms with van der Waals surface area (Å²) >= 11 is 12.5. The van der Waals surface area contributed by atoms with Crippen LogP contribution in [0.3, 0.4) is 0 Å². The third-order valence-corrected chi connectivity index (χ3v) is 4.49. The van der Waals surface area contributed by atoms with Gasteiger partial charge in [-0.05, 0) is 52.3 Å². The zero-order valence-corrected chi connectivity index (χ0v) is 14.7. The molecular formula is C15H10Br2ClFN2. The highest BCUT2D eigenvalue weighted by Gasteiger charge is 2.13. The molecule has 0 spiro atoms. The standard InChI is InChI=1S/C15H10Br2ClFN2/c16-9-1-4-14-13(7-9)20-15(5-6-18)21(14)10-2-3-11(17)12(19)8-10/h1-4,7-8H,5-6H2. The number of aromatic nitrogens is 2. The van der Waals surface area contributed by atoms with E-state index < -0.39 is 0 Å². The average Bonchev–Trinajstić information content (AvgIpc) is 2.79. The summed E-state index contributed by atoms with van der Waals surface area (Å²) in [5.74, 6) is 0.979.